The third kappa shape index (κ3) is 2.20. The molecule has 0 saturated carbocycles. The Balaban J connectivity index is 2.86. The lowest BCUT2D eigenvalue weighted by atomic mass is 10.2. The second kappa shape index (κ2) is 4.27. The monoisotopic (exact) mass is 275 g/mol. The average Bonchev–Trinajstić information content (AvgIpc) is 2.26. The Morgan fingerprint density at radius 1 is 1.33 bits per heavy atom. The lowest BCUT2D eigenvalue weighted by molar-refractivity contribution is -0.140. The number of aromatic nitrogens is 3. The number of aryl methyl sites for hydroxylation is 1. The molecule has 2 heterocycles. The summed E-state index contributed by atoms with van der Waals surface area (Å²) < 4.78 is 38.4. The summed E-state index contributed by atoms with van der Waals surface area (Å²) in [4.78, 5) is 21.6. The normalized spacial score (nSPS) is 12.1. The van der Waals surface area contributed by atoms with Crippen molar-refractivity contribution in [3.63, 3.8) is 0 Å². The van der Waals surface area contributed by atoms with Crippen LogP contribution < -0.4 is 5.56 Å². The zero-order valence-corrected chi connectivity index (χ0v) is 10.2. The number of halogens is 3. The molecule has 0 aliphatic rings. The summed E-state index contributed by atoms with van der Waals surface area (Å²) in [7, 11) is 0. The second-order valence-electron chi connectivity index (χ2n) is 3.56. The number of thioether (sulfide) groups is 1. The van der Waals surface area contributed by atoms with Crippen molar-refractivity contribution in [2.24, 2.45) is 0 Å². The SMILES string of the molecule is CSc1nc2c(=O)[nH]c(C)nc2cc1C(F)(F)F. The molecule has 0 unspecified atom stereocenters. The minimum absolute atomic E-state index is 0.0543. The highest BCUT2D eigenvalue weighted by molar-refractivity contribution is 7.98. The van der Waals surface area contributed by atoms with E-state index in [1.165, 1.54) is 13.2 Å². The number of hydrogen-bond acceptors (Lipinski definition) is 4. The first-order valence-corrected chi connectivity index (χ1v) is 6.08. The number of aromatic amines is 1. The number of rotatable bonds is 1. The van der Waals surface area contributed by atoms with E-state index in [9.17, 15) is 18.0 Å². The van der Waals surface area contributed by atoms with E-state index >= 15 is 0 Å². The molecule has 0 aliphatic carbocycles. The van der Waals surface area contributed by atoms with Gasteiger partial charge in [-0.1, -0.05) is 0 Å². The predicted octanol–water partition coefficient (Wildman–Crippen LogP) is 2.37. The standard InChI is InChI=1S/C10H8F3N3OS/c1-4-14-6-3-5(10(11,12)13)9(18-2)16-7(6)8(17)15-4/h3H,1-2H3,(H,14,15,17). The van der Waals surface area contributed by atoms with Gasteiger partial charge in [0.05, 0.1) is 11.1 Å². The van der Waals surface area contributed by atoms with Crippen LogP contribution in [0.1, 0.15) is 11.4 Å². The molecule has 0 amide bonds. The minimum Gasteiger partial charge on any atom is -0.309 e. The number of H-pyrrole nitrogens is 1. The van der Waals surface area contributed by atoms with Gasteiger partial charge in [-0.05, 0) is 19.2 Å². The third-order valence-corrected chi connectivity index (χ3v) is 2.96. The first kappa shape index (κ1) is 12.9. The largest absolute Gasteiger partial charge is 0.419 e. The molecule has 0 fully saturated rings. The van der Waals surface area contributed by atoms with E-state index in [4.69, 9.17) is 0 Å². The zero-order chi connectivity index (χ0) is 13.5. The molecule has 0 saturated heterocycles. The van der Waals surface area contributed by atoms with Crippen molar-refractivity contribution in [1.82, 2.24) is 15.0 Å². The van der Waals surface area contributed by atoms with Crippen molar-refractivity contribution in [3.8, 4) is 0 Å². The fourth-order valence-corrected chi connectivity index (χ4v) is 2.11. The van der Waals surface area contributed by atoms with E-state index in [0.29, 0.717) is 0 Å². The Morgan fingerprint density at radius 3 is 2.56 bits per heavy atom. The predicted molar refractivity (Wildman–Crippen MR) is 61.7 cm³/mol. The number of alkyl halides is 3. The summed E-state index contributed by atoms with van der Waals surface area (Å²) in [6, 6.07) is 0.858. The maximum absolute atomic E-state index is 12.8. The zero-order valence-electron chi connectivity index (χ0n) is 9.42. The minimum atomic E-state index is -4.52. The first-order chi connectivity index (χ1) is 8.32. The molecule has 0 radical (unpaired) electrons. The maximum atomic E-state index is 12.8. The molecule has 0 spiro atoms. The van der Waals surface area contributed by atoms with Crippen LogP contribution in [0.2, 0.25) is 0 Å². The van der Waals surface area contributed by atoms with Crippen LogP contribution in [0.25, 0.3) is 11.0 Å². The molecule has 96 valence electrons. The quantitative estimate of drug-likeness (QED) is 0.812. The van der Waals surface area contributed by atoms with Crippen molar-refractivity contribution in [1.29, 1.82) is 0 Å². The molecular formula is C10H8F3N3OS. The molecule has 0 atom stereocenters. The summed E-state index contributed by atoms with van der Waals surface area (Å²) in [5.41, 5.74) is -1.55. The number of hydrogen-bond donors (Lipinski definition) is 1. The summed E-state index contributed by atoms with van der Waals surface area (Å²) in [5, 5.41) is -0.230. The van der Waals surface area contributed by atoms with Gasteiger partial charge in [-0.15, -0.1) is 11.8 Å². The smallest absolute Gasteiger partial charge is 0.309 e. The van der Waals surface area contributed by atoms with Gasteiger partial charge in [0.25, 0.3) is 5.56 Å². The van der Waals surface area contributed by atoms with Crippen LogP contribution in [-0.2, 0) is 6.18 Å². The van der Waals surface area contributed by atoms with Crippen LogP contribution in [0.4, 0.5) is 13.2 Å². The lowest BCUT2D eigenvalue weighted by Crippen LogP contribution is -2.15. The van der Waals surface area contributed by atoms with Crippen LogP contribution in [0.5, 0.6) is 0 Å². The number of fused-ring (bicyclic) bond motifs is 1. The topological polar surface area (TPSA) is 58.6 Å². The van der Waals surface area contributed by atoms with Crippen LogP contribution in [0.15, 0.2) is 15.9 Å². The van der Waals surface area contributed by atoms with Crippen LogP contribution in [-0.4, -0.2) is 21.2 Å². The van der Waals surface area contributed by atoms with E-state index in [2.05, 4.69) is 15.0 Å². The number of pyridine rings is 1. The van der Waals surface area contributed by atoms with Crippen molar-refractivity contribution in [2.75, 3.05) is 6.26 Å². The summed E-state index contributed by atoms with van der Waals surface area (Å²) in [6.45, 7) is 1.50. The fourth-order valence-electron chi connectivity index (χ4n) is 1.53. The second-order valence-corrected chi connectivity index (χ2v) is 4.36. The Kier molecular flexibility index (Phi) is 3.05. The van der Waals surface area contributed by atoms with Gasteiger partial charge in [0.2, 0.25) is 0 Å². The molecule has 2 rings (SSSR count). The molecule has 0 aliphatic heterocycles. The molecule has 8 heteroatoms. The maximum Gasteiger partial charge on any atom is 0.419 e. The van der Waals surface area contributed by atoms with Gasteiger partial charge < -0.3 is 4.98 Å². The van der Waals surface area contributed by atoms with Crippen molar-refractivity contribution < 1.29 is 13.2 Å². The third-order valence-electron chi connectivity index (χ3n) is 2.26. The summed E-state index contributed by atoms with van der Waals surface area (Å²) in [5.74, 6) is 0.249. The number of nitrogens with one attached hydrogen (secondary N) is 1. The van der Waals surface area contributed by atoms with E-state index in [1.54, 1.807) is 0 Å². The molecule has 4 nitrogen and oxygen atoms in total. The van der Waals surface area contributed by atoms with Gasteiger partial charge in [-0.3, -0.25) is 4.79 Å². The van der Waals surface area contributed by atoms with Gasteiger partial charge in [0, 0.05) is 0 Å². The van der Waals surface area contributed by atoms with Gasteiger partial charge >= 0.3 is 6.18 Å². The summed E-state index contributed by atoms with van der Waals surface area (Å²) >= 11 is 0.838. The number of nitrogens with zero attached hydrogens (tertiary/aromatic N) is 2. The molecule has 1 N–H and O–H groups in total. The van der Waals surface area contributed by atoms with E-state index in [0.717, 1.165) is 17.8 Å². The highest BCUT2D eigenvalue weighted by atomic mass is 32.2. The molecule has 2 aromatic rings. The fraction of sp³-hybridized carbons (Fsp3) is 0.300. The average molecular weight is 275 g/mol. The molecular weight excluding hydrogens is 267 g/mol. The molecule has 18 heavy (non-hydrogen) atoms. The summed E-state index contributed by atoms with van der Waals surface area (Å²) in [6.07, 6.45) is -3.04. The van der Waals surface area contributed by atoms with E-state index < -0.39 is 17.3 Å². The van der Waals surface area contributed by atoms with E-state index in [-0.39, 0.29) is 21.9 Å². The van der Waals surface area contributed by atoms with Gasteiger partial charge in [0.1, 0.15) is 10.9 Å². The Bertz CT molecular complexity index is 666. The van der Waals surface area contributed by atoms with Gasteiger partial charge in [-0.25, -0.2) is 9.97 Å². The highest BCUT2D eigenvalue weighted by Crippen LogP contribution is 2.35. The Labute approximate surface area is 104 Å². The van der Waals surface area contributed by atoms with Crippen LogP contribution >= 0.6 is 11.8 Å². The Hall–Kier alpha value is -1.57. The molecule has 2 aromatic heterocycles. The van der Waals surface area contributed by atoms with Crippen molar-refractivity contribution in [2.45, 2.75) is 18.1 Å². The van der Waals surface area contributed by atoms with E-state index in [1.807, 2.05) is 0 Å². The Morgan fingerprint density at radius 2 is 2.00 bits per heavy atom. The van der Waals surface area contributed by atoms with Crippen molar-refractivity contribution >= 4 is 22.8 Å². The highest BCUT2D eigenvalue weighted by Gasteiger charge is 2.35. The first-order valence-electron chi connectivity index (χ1n) is 4.86. The van der Waals surface area contributed by atoms with Crippen LogP contribution in [0.3, 0.4) is 0 Å². The molecule has 0 bridgehead atoms. The lowest BCUT2D eigenvalue weighted by Gasteiger charge is -2.11. The molecule has 0 aromatic carbocycles. The van der Waals surface area contributed by atoms with Gasteiger partial charge in [0.15, 0.2) is 5.52 Å². The van der Waals surface area contributed by atoms with Crippen molar-refractivity contribution in [3.05, 3.63) is 27.8 Å². The van der Waals surface area contributed by atoms with Gasteiger partial charge in [-0.2, -0.15) is 13.2 Å². The van der Waals surface area contributed by atoms with Crippen LogP contribution in [0, 0.1) is 6.92 Å².